The molecule has 4 atom stereocenters. The van der Waals surface area contributed by atoms with Crippen molar-refractivity contribution in [2.24, 2.45) is 0 Å². The van der Waals surface area contributed by atoms with Gasteiger partial charge in [-0.2, -0.15) is 0 Å². The van der Waals surface area contributed by atoms with Gasteiger partial charge in [-0.1, -0.05) is 0 Å². The fourth-order valence-corrected chi connectivity index (χ4v) is 1.91. The molecule has 1 saturated heterocycles. The Morgan fingerprint density at radius 1 is 1.00 bits per heavy atom. The van der Waals surface area contributed by atoms with Crippen molar-refractivity contribution in [3.8, 4) is 0 Å². The zero-order valence-corrected chi connectivity index (χ0v) is 9.76. The van der Waals surface area contributed by atoms with Gasteiger partial charge in [0.2, 0.25) is 0 Å². The SMILES string of the molecule is COCC1OCC(OC)C(OC)[C@@H]1OC. The molecule has 0 spiro atoms. The molecule has 0 radical (unpaired) electrons. The molecule has 5 heteroatoms. The van der Waals surface area contributed by atoms with Gasteiger partial charge in [0, 0.05) is 28.4 Å². The van der Waals surface area contributed by atoms with Gasteiger partial charge in [-0.05, 0) is 0 Å². The van der Waals surface area contributed by atoms with Crippen LogP contribution in [0.4, 0.5) is 0 Å². The summed E-state index contributed by atoms with van der Waals surface area (Å²) in [6.45, 7) is 0.998. The summed E-state index contributed by atoms with van der Waals surface area (Å²) in [5, 5.41) is 0. The van der Waals surface area contributed by atoms with Crippen LogP contribution in [0.2, 0.25) is 0 Å². The highest BCUT2D eigenvalue weighted by molar-refractivity contribution is 4.89. The first kappa shape index (κ1) is 12.9. The van der Waals surface area contributed by atoms with Crippen molar-refractivity contribution < 1.29 is 23.7 Å². The van der Waals surface area contributed by atoms with Crippen LogP contribution in [0, 0.1) is 0 Å². The minimum atomic E-state index is -0.159. The Kier molecular flexibility index (Phi) is 5.49. The Morgan fingerprint density at radius 3 is 2.13 bits per heavy atom. The van der Waals surface area contributed by atoms with Crippen molar-refractivity contribution in [1.82, 2.24) is 0 Å². The number of rotatable bonds is 5. The molecule has 3 unspecified atom stereocenters. The zero-order chi connectivity index (χ0) is 11.3. The van der Waals surface area contributed by atoms with Crippen LogP contribution >= 0.6 is 0 Å². The Bertz CT molecular complexity index is 175. The average Bonchev–Trinajstić information content (AvgIpc) is 2.28. The van der Waals surface area contributed by atoms with Crippen molar-refractivity contribution in [3.05, 3.63) is 0 Å². The van der Waals surface area contributed by atoms with E-state index in [0.29, 0.717) is 13.2 Å². The van der Waals surface area contributed by atoms with Crippen LogP contribution in [0.1, 0.15) is 0 Å². The zero-order valence-electron chi connectivity index (χ0n) is 9.76. The van der Waals surface area contributed by atoms with Gasteiger partial charge in [0.05, 0.1) is 13.2 Å². The second-order valence-electron chi connectivity index (χ2n) is 3.50. The van der Waals surface area contributed by atoms with Crippen molar-refractivity contribution in [2.75, 3.05) is 41.7 Å². The Hall–Kier alpha value is -0.200. The van der Waals surface area contributed by atoms with Crippen molar-refractivity contribution in [3.63, 3.8) is 0 Å². The lowest BCUT2D eigenvalue weighted by molar-refractivity contribution is -0.219. The summed E-state index contributed by atoms with van der Waals surface area (Å²) in [5.41, 5.74) is 0. The van der Waals surface area contributed by atoms with E-state index in [1.54, 1.807) is 28.4 Å². The summed E-state index contributed by atoms with van der Waals surface area (Å²) in [6.07, 6.45) is -0.466. The van der Waals surface area contributed by atoms with Crippen LogP contribution in [-0.4, -0.2) is 66.1 Å². The number of methoxy groups -OCH3 is 4. The molecule has 1 heterocycles. The number of hydrogen-bond acceptors (Lipinski definition) is 5. The molecule has 0 N–H and O–H groups in total. The van der Waals surface area contributed by atoms with E-state index < -0.39 is 0 Å². The highest BCUT2D eigenvalue weighted by Crippen LogP contribution is 2.22. The largest absolute Gasteiger partial charge is 0.382 e. The van der Waals surface area contributed by atoms with Gasteiger partial charge in [-0.25, -0.2) is 0 Å². The van der Waals surface area contributed by atoms with Gasteiger partial charge in [-0.3, -0.25) is 0 Å². The summed E-state index contributed by atoms with van der Waals surface area (Å²) in [4.78, 5) is 0. The quantitative estimate of drug-likeness (QED) is 0.656. The lowest BCUT2D eigenvalue weighted by Crippen LogP contribution is -2.56. The van der Waals surface area contributed by atoms with Crippen molar-refractivity contribution >= 4 is 0 Å². The molecule has 90 valence electrons. The van der Waals surface area contributed by atoms with Crippen molar-refractivity contribution in [2.45, 2.75) is 24.4 Å². The highest BCUT2D eigenvalue weighted by Gasteiger charge is 2.41. The van der Waals surface area contributed by atoms with Crippen LogP contribution in [0.25, 0.3) is 0 Å². The minimum absolute atomic E-state index is 0.0898. The van der Waals surface area contributed by atoms with Gasteiger partial charge in [0.1, 0.15) is 24.4 Å². The van der Waals surface area contributed by atoms with Gasteiger partial charge < -0.3 is 23.7 Å². The van der Waals surface area contributed by atoms with E-state index in [0.717, 1.165) is 0 Å². The maximum atomic E-state index is 5.60. The molecular weight excluding hydrogens is 200 g/mol. The van der Waals surface area contributed by atoms with E-state index in [1.165, 1.54) is 0 Å². The second-order valence-corrected chi connectivity index (χ2v) is 3.50. The third-order valence-corrected chi connectivity index (χ3v) is 2.71. The van der Waals surface area contributed by atoms with E-state index in [2.05, 4.69) is 0 Å². The van der Waals surface area contributed by atoms with E-state index in [-0.39, 0.29) is 24.4 Å². The maximum absolute atomic E-state index is 5.60. The third kappa shape index (κ3) is 2.89. The molecule has 0 aromatic rings. The average molecular weight is 220 g/mol. The van der Waals surface area contributed by atoms with E-state index in [4.69, 9.17) is 23.7 Å². The van der Waals surface area contributed by atoms with Gasteiger partial charge in [0.25, 0.3) is 0 Å². The van der Waals surface area contributed by atoms with Gasteiger partial charge in [-0.15, -0.1) is 0 Å². The Morgan fingerprint density at radius 2 is 1.67 bits per heavy atom. The van der Waals surface area contributed by atoms with Crippen LogP contribution in [0.15, 0.2) is 0 Å². The predicted molar refractivity (Wildman–Crippen MR) is 54.0 cm³/mol. The molecule has 0 bridgehead atoms. The molecule has 1 fully saturated rings. The molecule has 0 aromatic carbocycles. The maximum Gasteiger partial charge on any atom is 0.114 e. The van der Waals surface area contributed by atoms with Crippen LogP contribution in [-0.2, 0) is 23.7 Å². The van der Waals surface area contributed by atoms with Gasteiger partial charge >= 0.3 is 0 Å². The summed E-state index contributed by atoms with van der Waals surface area (Å²) in [6, 6.07) is 0. The Labute approximate surface area is 90.6 Å². The second kappa shape index (κ2) is 6.40. The standard InChI is InChI=1S/C10H20O5/c1-11-5-8-10(14-4)9(13-3)7(12-2)6-15-8/h7-10H,5-6H2,1-4H3/t7?,8?,9?,10-/m1/s1. The van der Waals surface area contributed by atoms with E-state index in [9.17, 15) is 0 Å². The first-order chi connectivity index (χ1) is 7.28. The smallest absolute Gasteiger partial charge is 0.114 e. The molecular formula is C10H20O5. The monoisotopic (exact) mass is 220 g/mol. The molecule has 5 nitrogen and oxygen atoms in total. The minimum Gasteiger partial charge on any atom is -0.382 e. The molecule has 0 amide bonds. The van der Waals surface area contributed by atoms with E-state index in [1.807, 2.05) is 0 Å². The Balaban J connectivity index is 2.65. The van der Waals surface area contributed by atoms with Crippen LogP contribution < -0.4 is 0 Å². The molecule has 0 aromatic heterocycles. The molecule has 15 heavy (non-hydrogen) atoms. The molecule has 1 aliphatic heterocycles. The third-order valence-electron chi connectivity index (χ3n) is 2.71. The first-order valence-electron chi connectivity index (χ1n) is 4.97. The molecule has 1 aliphatic rings. The summed E-state index contributed by atoms with van der Waals surface area (Å²) in [5.74, 6) is 0. The fraction of sp³-hybridized carbons (Fsp3) is 1.00. The topological polar surface area (TPSA) is 46.2 Å². The number of ether oxygens (including phenoxy) is 5. The molecule has 1 rings (SSSR count). The predicted octanol–water partition coefficient (Wildman–Crippen LogP) is 0.0766. The normalized spacial score (nSPS) is 36.8. The van der Waals surface area contributed by atoms with Gasteiger partial charge in [0.15, 0.2) is 0 Å². The fourth-order valence-electron chi connectivity index (χ4n) is 1.91. The van der Waals surface area contributed by atoms with Crippen LogP contribution in [0.3, 0.4) is 0 Å². The summed E-state index contributed by atoms with van der Waals surface area (Å²) < 4.78 is 26.7. The lowest BCUT2D eigenvalue weighted by Gasteiger charge is -2.40. The molecule has 0 saturated carbocycles. The van der Waals surface area contributed by atoms with E-state index >= 15 is 0 Å². The van der Waals surface area contributed by atoms with Crippen molar-refractivity contribution in [1.29, 1.82) is 0 Å². The summed E-state index contributed by atoms with van der Waals surface area (Å²) in [7, 11) is 6.57. The summed E-state index contributed by atoms with van der Waals surface area (Å²) >= 11 is 0. The first-order valence-corrected chi connectivity index (χ1v) is 4.97. The molecule has 0 aliphatic carbocycles. The number of hydrogen-bond donors (Lipinski definition) is 0. The highest BCUT2D eigenvalue weighted by atomic mass is 16.6. The lowest BCUT2D eigenvalue weighted by atomic mass is 10.00. The van der Waals surface area contributed by atoms with Crippen LogP contribution in [0.5, 0.6) is 0 Å².